The Morgan fingerprint density at radius 3 is 2.18 bits per heavy atom. The number of rotatable bonds is 7. The number of urea groups is 1. The summed E-state index contributed by atoms with van der Waals surface area (Å²) in [5.74, 6) is -0.786. The predicted octanol–water partition coefficient (Wildman–Crippen LogP) is 8.35. The van der Waals surface area contributed by atoms with E-state index in [1.165, 1.54) is 11.0 Å². The summed E-state index contributed by atoms with van der Waals surface area (Å²) in [5, 5.41) is 1.00. The zero-order valence-electron chi connectivity index (χ0n) is 24.7. The van der Waals surface area contributed by atoms with Gasteiger partial charge in [0.1, 0.15) is 17.6 Å². The summed E-state index contributed by atoms with van der Waals surface area (Å²) in [6.07, 6.45) is -3.46. The van der Waals surface area contributed by atoms with E-state index in [9.17, 15) is 22.8 Å². The van der Waals surface area contributed by atoms with Gasteiger partial charge in [-0.15, -0.1) is 0 Å². The predicted molar refractivity (Wildman–Crippen MR) is 166 cm³/mol. The molecule has 5 rings (SSSR count). The van der Waals surface area contributed by atoms with Crippen molar-refractivity contribution in [2.75, 3.05) is 26.3 Å². The molecule has 2 aliphatic heterocycles. The molecule has 1 fully saturated rings. The molecule has 2 heterocycles. The Labute approximate surface area is 269 Å². The van der Waals surface area contributed by atoms with Gasteiger partial charge in [0.25, 0.3) is 0 Å². The van der Waals surface area contributed by atoms with E-state index in [0.29, 0.717) is 35.0 Å². The molecule has 0 radical (unpaired) electrons. The van der Waals surface area contributed by atoms with Gasteiger partial charge >= 0.3 is 18.2 Å². The van der Waals surface area contributed by atoms with Crippen LogP contribution in [0.2, 0.25) is 10.0 Å². The second-order valence-electron chi connectivity index (χ2n) is 10.8. The van der Waals surface area contributed by atoms with Crippen LogP contribution in [0.15, 0.2) is 71.7 Å². The third kappa shape index (κ3) is 7.07. The first-order valence-electron chi connectivity index (χ1n) is 14.7. The summed E-state index contributed by atoms with van der Waals surface area (Å²) in [6.45, 7) is 4.21. The Balaban J connectivity index is 1.67. The number of nitrogens with zero attached hydrogens (tertiary/aromatic N) is 3. The minimum absolute atomic E-state index is 0.0569. The van der Waals surface area contributed by atoms with E-state index in [2.05, 4.69) is 0 Å². The number of halogens is 5. The fourth-order valence-electron chi connectivity index (χ4n) is 5.77. The lowest BCUT2D eigenvalue weighted by molar-refractivity contribution is -0.149. The molecule has 3 aromatic rings. The molecule has 12 heteroatoms. The molecule has 0 aliphatic carbocycles. The molecule has 45 heavy (non-hydrogen) atoms. The van der Waals surface area contributed by atoms with Crippen LogP contribution >= 0.6 is 23.2 Å². The second-order valence-corrected chi connectivity index (χ2v) is 11.6. The smallest absolute Gasteiger partial charge is 0.416 e. The fraction of sp³-hybridized carbons (Fsp3) is 0.364. The quantitative estimate of drug-likeness (QED) is 0.239. The van der Waals surface area contributed by atoms with Crippen LogP contribution in [0.1, 0.15) is 61.0 Å². The van der Waals surface area contributed by atoms with Crippen molar-refractivity contribution in [3.63, 3.8) is 0 Å². The molecule has 1 saturated heterocycles. The lowest BCUT2D eigenvalue weighted by atomic mass is 9.93. The highest BCUT2D eigenvalue weighted by Gasteiger charge is 2.46. The van der Waals surface area contributed by atoms with Crippen LogP contribution in [-0.4, -0.2) is 53.9 Å². The normalized spacial score (nSPS) is 20.2. The molecule has 0 saturated carbocycles. The Bertz CT molecular complexity index is 1560. The Morgan fingerprint density at radius 2 is 1.58 bits per heavy atom. The van der Waals surface area contributed by atoms with Crippen molar-refractivity contribution in [1.29, 1.82) is 0 Å². The highest BCUT2D eigenvalue weighted by Crippen LogP contribution is 2.46. The van der Waals surface area contributed by atoms with Gasteiger partial charge in [0.15, 0.2) is 0 Å². The summed E-state index contributed by atoms with van der Waals surface area (Å²) in [6, 6.07) is 15.4. The highest BCUT2D eigenvalue weighted by molar-refractivity contribution is 6.30. The number of alkyl halides is 3. The average molecular weight is 663 g/mol. The summed E-state index contributed by atoms with van der Waals surface area (Å²) < 4.78 is 52.2. The molecule has 2 amide bonds. The number of benzene rings is 3. The minimum Gasteiger partial charge on any atom is -0.493 e. The minimum atomic E-state index is -4.61. The van der Waals surface area contributed by atoms with Gasteiger partial charge in [0, 0.05) is 23.1 Å². The summed E-state index contributed by atoms with van der Waals surface area (Å²) in [4.78, 5) is 35.4. The average Bonchev–Trinajstić information content (AvgIpc) is 3.41. The van der Waals surface area contributed by atoms with Crippen LogP contribution in [0, 0.1) is 5.92 Å². The van der Waals surface area contributed by atoms with Crippen LogP contribution in [0.4, 0.5) is 18.0 Å². The van der Waals surface area contributed by atoms with Crippen molar-refractivity contribution in [2.24, 2.45) is 10.9 Å². The van der Waals surface area contributed by atoms with Gasteiger partial charge in [0.05, 0.1) is 36.3 Å². The highest BCUT2D eigenvalue weighted by atomic mass is 35.5. The Morgan fingerprint density at radius 1 is 0.933 bits per heavy atom. The molecule has 238 valence electrons. The van der Waals surface area contributed by atoms with E-state index in [0.717, 1.165) is 17.7 Å². The van der Waals surface area contributed by atoms with Gasteiger partial charge in [-0.3, -0.25) is 14.7 Å². The number of piperidine rings is 1. The standard InChI is InChI=1S/C33H32Cl2F3N3O4/c1-3-44-27-18-23(33(36,37)38)11-16-26(27)30-39-28(20-7-12-24(34)13-8-20)29(21-9-14-25(35)15-10-21)41(30)32(43)40-17-5-6-22(19-40)31(42)45-4-2/h7-16,18,22,28-29H,3-6,17,19H2,1-2H3. The van der Waals surface area contributed by atoms with Crippen LogP contribution in [-0.2, 0) is 15.7 Å². The van der Waals surface area contributed by atoms with Crippen molar-refractivity contribution in [3.8, 4) is 5.75 Å². The van der Waals surface area contributed by atoms with Crippen LogP contribution < -0.4 is 4.74 Å². The van der Waals surface area contributed by atoms with Crippen molar-refractivity contribution in [2.45, 2.75) is 44.9 Å². The number of hydrogen-bond acceptors (Lipinski definition) is 5. The van der Waals surface area contributed by atoms with E-state index in [1.54, 1.807) is 67.3 Å². The fourth-order valence-corrected chi connectivity index (χ4v) is 6.02. The zero-order chi connectivity index (χ0) is 32.3. The molecule has 3 aromatic carbocycles. The van der Waals surface area contributed by atoms with Crippen molar-refractivity contribution in [1.82, 2.24) is 9.80 Å². The molecule has 0 aromatic heterocycles. The third-order valence-corrected chi connectivity index (χ3v) is 8.36. The first kappa shape index (κ1) is 32.6. The first-order valence-corrected chi connectivity index (χ1v) is 15.4. The number of likely N-dealkylation sites (tertiary alicyclic amines) is 1. The van der Waals surface area contributed by atoms with E-state index < -0.39 is 35.8 Å². The van der Waals surface area contributed by atoms with Gasteiger partial charge in [-0.1, -0.05) is 47.5 Å². The van der Waals surface area contributed by atoms with Crippen LogP contribution in [0.25, 0.3) is 0 Å². The van der Waals surface area contributed by atoms with Gasteiger partial charge in [-0.25, -0.2) is 4.79 Å². The first-order chi connectivity index (χ1) is 21.5. The third-order valence-electron chi connectivity index (χ3n) is 7.86. The van der Waals surface area contributed by atoms with Crippen molar-refractivity contribution >= 4 is 41.0 Å². The Hall–Kier alpha value is -3.76. The van der Waals surface area contributed by atoms with Crippen LogP contribution in [0.3, 0.4) is 0 Å². The van der Waals surface area contributed by atoms with E-state index in [1.807, 2.05) is 0 Å². The molecule has 3 atom stereocenters. The lowest BCUT2D eigenvalue weighted by Gasteiger charge is -2.37. The monoisotopic (exact) mass is 661 g/mol. The molecule has 3 unspecified atom stereocenters. The molecular formula is C33H32Cl2F3N3O4. The maximum absolute atomic E-state index is 14.6. The number of carbonyl (C=O) groups is 2. The second kappa shape index (κ2) is 13.7. The molecule has 7 nitrogen and oxygen atoms in total. The van der Waals surface area contributed by atoms with Crippen molar-refractivity contribution in [3.05, 3.63) is 99.0 Å². The van der Waals surface area contributed by atoms with Gasteiger partial charge in [-0.2, -0.15) is 13.2 Å². The molecule has 2 aliphatic rings. The largest absolute Gasteiger partial charge is 0.493 e. The van der Waals surface area contributed by atoms with Gasteiger partial charge in [0.2, 0.25) is 0 Å². The topological polar surface area (TPSA) is 71.4 Å². The van der Waals surface area contributed by atoms with Gasteiger partial charge in [-0.05, 0) is 80.3 Å². The number of hydrogen-bond donors (Lipinski definition) is 0. The number of ether oxygens (including phenoxy) is 2. The lowest BCUT2D eigenvalue weighted by Crippen LogP contribution is -2.51. The van der Waals surface area contributed by atoms with Crippen LogP contribution in [0.5, 0.6) is 5.75 Å². The SMILES string of the molecule is CCOC(=O)C1CCCN(C(=O)N2C(c3ccc(C(F)(F)F)cc3OCC)=NC(c3ccc(Cl)cc3)C2c2ccc(Cl)cc2)C1. The number of carbonyl (C=O) groups excluding carboxylic acids is 2. The van der Waals surface area contributed by atoms with E-state index in [4.69, 9.17) is 37.7 Å². The number of aliphatic imine (C=N–C) groups is 1. The summed E-state index contributed by atoms with van der Waals surface area (Å²) in [5.41, 5.74) is 0.783. The summed E-state index contributed by atoms with van der Waals surface area (Å²) in [7, 11) is 0. The molecular weight excluding hydrogens is 630 g/mol. The Kier molecular flexibility index (Phi) is 9.94. The maximum atomic E-state index is 14.6. The number of esters is 1. The number of amides is 2. The molecule has 0 bridgehead atoms. The van der Waals surface area contributed by atoms with E-state index in [-0.39, 0.29) is 42.9 Å². The van der Waals surface area contributed by atoms with Crippen molar-refractivity contribution < 1.29 is 32.2 Å². The molecule has 0 N–H and O–H groups in total. The zero-order valence-corrected chi connectivity index (χ0v) is 26.2. The van der Waals surface area contributed by atoms with Gasteiger partial charge < -0.3 is 14.4 Å². The summed E-state index contributed by atoms with van der Waals surface area (Å²) >= 11 is 12.4. The van der Waals surface area contributed by atoms with E-state index >= 15 is 0 Å². The maximum Gasteiger partial charge on any atom is 0.416 e. The molecule has 0 spiro atoms. The number of amidine groups is 1.